The summed E-state index contributed by atoms with van der Waals surface area (Å²) in [6, 6.07) is 3.46. The van der Waals surface area contributed by atoms with Gasteiger partial charge >= 0.3 is 11.7 Å². The molecular formula is C17H20N8O2. The summed E-state index contributed by atoms with van der Waals surface area (Å²) in [5.41, 5.74) is 1.48. The van der Waals surface area contributed by atoms with Crippen LogP contribution in [-0.4, -0.2) is 67.2 Å². The number of H-pyrrole nitrogens is 2. The minimum absolute atomic E-state index is 0.0299. The van der Waals surface area contributed by atoms with Crippen LogP contribution in [0.15, 0.2) is 17.1 Å². The number of nitrogens with one attached hydrogen (secondary N) is 2. The quantitative estimate of drug-likeness (QED) is 0.654. The number of imidazole rings is 1. The average Bonchev–Trinajstić information content (AvgIpc) is 3.25. The third-order valence-corrected chi connectivity index (χ3v) is 5.29. The standard InChI is InChI=1S/C17H20N8O2/c1-10-4-7-24(17(27)23(2)8-5-18)9-12(10)25-13-11-3-6-19-14(11)21-22-15(13)20-16(25)26/h3,6,10,12H,4,7-9H2,1-2H3,(H,19,21)(H,20,22,26)/t10-,12+/m1/s1. The number of carbonyl (C=O) groups excluding carboxylic acids is 1. The Labute approximate surface area is 154 Å². The predicted molar refractivity (Wildman–Crippen MR) is 98.0 cm³/mol. The fraction of sp³-hybridized carbons (Fsp3) is 0.471. The van der Waals surface area contributed by atoms with Gasteiger partial charge in [-0.05, 0) is 18.4 Å². The smallest absolute Gasteiger partial charge is 0.328 e. The number of nitriles is 1. The Bertz CT molecular complexity index is 1100. The molecule has 2 N–H and O–H groups in total. The number of hydrogen-bond donors (Lipinski definition) is 2. The van der Waals surface area contributed by atoms with Crippen LogP contribution in [0.25, 0.3) is 22.2 Å². The fourth-order valence-corrected chi connectivity index (χ4v) is 3.79. The lowest BCUT2D eigenvalue weighted by Crippen LogP contribution is -2.49. The predicted octanol–water partition coefficient (Wildman–Crippen LogP) is 1.06. The molecule has 2 atom stereocenters. The molecule has 3 aromatic heterocycles. The van der Waals surface area contributed by atoms with Gasteiger partial charge in [-0.2, -0.15) is 5.26 Å². The Morgan fingerprint density at radius 3 is 3.00 bits per heavy atom. The molecular weight excluding hydrogens is 348 g/mol. The second-order valence-corrected chi connectivity index (χ2v) is 7.01. The number of rotatable bonds is 2. The zero-order valence-electron chi connectivity index (χ0n) is 15.1. The number of aromatic nitrogens is 5. The van der Waals surface area contributed by atoms with Gasteiger partial charge < -0.3 is 14.8 Å². The first-order chi connectivity index (χ1) is 13.0. The summed E-state index contributed by atoms with van der Waals surface area (Å²) in [4.78, 5) is 34.2. The molecule has 0 bridgehead atoms. The van der Waals surface area contributed by atoms with Crippen molar-refractivity contribution in [1.29, 1.82) is 5.26 Å². The maximum Gasteiger partial charge on any atom is 0.328 e. The molecule has 1 fully saturated rings. The molecule has 10 heteroatoms. The lowest BCUT2D eigenvalue weighted by Gasteiger charge is -2.38. The van der Waals surface area contributed by atoms with Crippen molar-refractivity contribution in [3.8, 4) is 6.07 Å². The third-order valence-electron chi connectivity index (χ3n) is 5.29. The Balaban J connectivity index is 1.77. The van der Waals surface area contributed by atoms with Crippen LogP contribution in [0.2, 0.25) is 0 Å². The van der Waals surface area contributed by atoms with Crippen LogP contribution in [-0.2, 0) is 0 Å². The summed E-state index contributed by atoms with van der Waals surface area (Å²) in [7, 11) is 1.61. The lowest BCUT2D eigenvalue weighted by atomic mass is 9.93. The summed E-state index contributed by atoms with van der Waals surface area (Å²) in [6.07, 6.45) is 2.53. The molecule has 0 unspecified atom stereocenters. The Kier molecular flexibility index (Phi) is 4.07. The summed E-state index contributed by atoms with van der Waals surface area (Å²) >= 11 is 0. The van der Waals surface area contributed by atoms with Crippen LogP contribution >= 0.6 is 0 Å². The van der Waals surface area contributed by atoms with Crippen molar-refractivity contribution < 1.29 is 4.79 Å². The molecule has 4 rings (SSSR count). The van der Waals surface area contributed by atoms with Crippen LogP contribution in [0, 0.1) is 17.2 Å². The van der Waals surface area contributed by atoms with E-state index in [0.717, 1.165) is 11.8 Å². The average molecular weight is 368 g/mol. The molecule has 1 aliphatic rings. The third kappa shape index (κ3) is 2.71. The van der Waals surface area contributed by atoms with E-state index in [4.69, 9.17) is 5.26 Å². The molecule has 0 saturated carbocycles. The highest BCUT2D eigenvalue weighted by molar-refractivity contribution is 5.99. The van der Waals surface area contributed by atoms with E-state index in [0.29, 0.717) is 29.9 Å². The molecule has 0 aliphatic carbocycles. The number of likely N-dealkylation sites (tertiary alicyclic amines) is 1. The summed E-state index contributed by atoms with van der Waals surface area (Å²) in [6.45, 7) is 3.11. The minimum Gasteiger partial charge on any atom is -0.345 e. The number of nitrogens with zero attached hydrogens (tertiary/aromatic N) is 6. The normalized spacial score (nSPS) is 20.1. The van der Waals surface area contributed by atoms with Gasteiger partial charge in [-0.1, -0.05) is 6.92 Å². The van der Waals surface area contributed by atoms with Gasteiger partial charge in [0.2, 0.25) is 0 Å². The molecule has 0 radical (unpaired) electrons. The zero-order valence-corrected chi connectivity index (χ0v) is 15.1. The Morgan fingerprint density at radius 1 is 1.44 bits per heavy atom. The van der Waals surface area contributed by atoms with Crippen molar-refractivity contribution in [2.75, 3.05) is 26.7 Å². The van der Waals surface area contributed by atoms with Gasteiger partial charge in [0.05, 0.1) is 12.1 Å². The van der Waals surface area contributed by atoms with Crippen molar-refractivity contribution in [1.82, 2.24) is 34.5 Å². The largest absolute Gasteiger partial charge is 0.345 e. The number of urea groups is 1. The number of aromatic amines is 2. The van der Waals surface area contributed by atoms with E-state index in [9.17, 15) is 9.59 Å². The van der Waals surface area contributed by atoms with Gasteiger partial charge in [0, 0.05) is 31.7 Å². The van der Waals surface area contributed by atoms with Crippen LogP contribution in [0.5, 0.6) is 0 Å². The second-order valence-electron chi connectivity index (χ2n) is 7.01. The zero-order chi connectivity index (χ0) is 19.1. The molecule has 10 nitrogen and oxygen atoms in total. The highest BCUT2D eigenvalue weighted by Gasteiger charge is 2.33. The Hall–Kier alpha value is -3.35. The maximum atomic E-state index is 12.7. The highest BCUT2D eigenvalue weighted by Crippen LogP contribution is 2.31. The van der Waals surface area contributed by atoms with Crippen molar-refractivity contribution >= 4 is 28.2 Å². The second kappa shape index (κ2) is 6.42. The molecule has 2 amide bonds. The van der Waals surface area contributed by atoms with Crippen LogP contribution < -0.4 is 5.69 Å². The monoisotopic (exact) mass is 368 g/mol. The minimum atomic E-state index is -0.260. The lowest BCUT2D eigenvalue weighted by molar-refractivity contribution is 0.120. The number of piperidine rings is 1. The van der Waals surface area contributed by atoms with Gasteiger partial charge in [0.1, 0.15) is 12.1 Å². The van der Waals surface area contributed by atoms with Crippen molar-refractivity contribution in [3.05, 3.63) is 22.7 Å². The first kappa shape index (κ1) is 17.1. The Morgan fingerprint density at radius 2 is 2.22 bits per heavy atom. The molecule has 27 heavy (non-hydrogen) atoms. The van der Waals surface area contributed by atoms with Gasteiger partial charge in [0.15, 0.2) is 11.3 Å². The maximum absolute atomic E-state index is 12.7. The molecule has 0 aromatic carbocycles. The van der Waals surface area contributed by atoms with Gasteiger partial charge in [-0.15, -0.1) is 10.2 Å². The van der Waals surface area contributed by atoms with Gasteiger partial charge in [-0.3, -0.25) is 9.55 Å². The van der Waals surface area contributed by atoms with Crippen LogP contribution in [0.4, 0.5) is 4.79 Å². The molecule has 1 saturated heterocycles. The van der Waals surface area contributed by atoms with Crippen molar-refractivity contribution in [2.24, 2.45) is 5.92 Å². The summed E-state index contributed by atoms with van der Waals surface area (Å²) in [5.74, 6) is 0.203. The summed E-state index contributed by atoms with van der Waals surface area (Å²) < 4.78 is 1.70. The van der Waals surface area contributed by atoms with E-state index in [2.05, 4.69) is 27.1 Å². The van der Waals surface area contributed by atoms with E-state index in [-0.39, 0.29) is 30.2 Å². The fourth-order valence-electron chi connectivity index (χ4n) is 3.79. The SMILES string of the molecule is C[C@@H]1CCN(C(=O)N(C)CC#N)C[C@@H]1n1c(=O)[nH]c2nnc3[nH]ccc3c21. The summed E-state index contributed by atoms with van der Waals surface area (Å²) in [5, 5.41) is 17.8. The number of carbonyl (C=O) groups is 1. The first-order valence-corrected chi connectivity index (χ1v) is 8.82. The number of amides is 2. The molecule has 140 valence electrons. The van der Waals surface area contributed by atoms with E-state index in [1.807, 2.05) is 12.1 Å². The molecule has 4 heterocycles. The van der Waals surface area contributed by atoms with Crippen LogP contribution in [0.1, 0.15) is 19.4 Å². The van der Waals surface area contributed by atoms with E-state index in [1.165, 1.54) is 4.90 Å². The molecule has 3 aromatic rings. The highest BCUT2D eigenvalue weighted by atomic mass is 16.2. The first-order valence-electron chi connectivity index (χ1n) is 8.82. The van der Waals surface area contributed by atoms with E-state index < -0.39 is 0 Å². The number of hydrogen-bond acceptors (Lipinski definition) is 5. The van der Waals surface area contributed by atoms with Gasteiger partial charge in [0.25, 0.3) is 0 Å². The van der Waals surface area contributed by atoms with Gasteiger partial charge in [-0.25, -0.2) is 9.59 Å². The van der Waals surface area contributed by atoms with Crippen molar-refractivity contribution in [2.45, 2.75) is 19.4 Å². The molecule has 0 spiro atoms. The van der Waals surface area contributed by atoms with E-state index in [1.54, 1.807) is 22.7 Å². The number of fused-ring (bicyclic) bond motifs is 3. The topological polar surface area (TPSA) is 127 Å². The van der Waals surface area contributed by atoms with Crippen molar-refractivity contribution in [3.63, 3.8) is 0 Å². The van der Waals surface area contributed by atoms with E-state index >= 15 is 0 Å². The molecule has 1 aliphatic heterocycles. The van der Waals surface area contributed by atoms with Crippen LogP contribution in [0.3, 0.4) is 0 Å².